The third kappa shape index (κ3) is 1.84. The van der Waals surface area contributed by atoms with E-state index in [0.717, 1.165) is 0 Å². The predicted octanol–water partition coefficient (Wildman–Crippen LogP) is 2.37. The Labute approximate surface area is 79.3 Å². The van der Waals surface area contributed by atoms with Gasteiger partial charge in [0.05, 0.1) is 4.92 Å². The summed E-state index contributed by atoms with van der Waals surface area (Å²) in [6, 6.07) is 2.58. The van der Waals surface area contributed by atoms with Crippen LogP contribution in [0.4, 0.5) is 5.69 Å². The summed E-state index contributed by atoms with van der Waals surface area (Å²) in [5, 5.41) is 10.4. The van der Waals surface area contributed by atoms with Gasteiger partial charge < -0.3 is 0 Å². The molecule has 0 atom stereocenters. The first-order valence-corrected chi connectivity index (χ1v) is 3.83. The number of aldehydes is 1. The maximum Gasteiger partial charge on any atom is 0.288 e. The molecule has 0 heterocycles. The summed E-state index contributed by atoms with van der Waals surface area (Å²) >= 11 is 5.57. The molecule has 0 radical (unpaired) electrons. The number of aryl methyl sites for hydroxylation is 1. The lowest BCUT2D eigenvalue weighted by atomic mass is 10.1. The molecule has 5 heteroatoms. The minimum Gasteiger partial charge on any atom is -0.298 e. The summed E-state index contributed by atoms with van der Waals surface area (Å²) in [4.78, 5) is 20.3. The number of carbonyl (C=O) groups excluding carboxylic acids is 1. The Bertz CT molecular complexity index is 376. The summed E-state index contributed by atoms with van der Waals surface area (Å²) in [6.07, 6.45) is 0.616. The fourth-order valence-electron chi connectivity index (χ4n) is 0.949. The molecule has 0 aliphatic rings. The maximum atomic E-state index is 10.4. The van der Waals surface area contributed by atoms with Crippen molar-refractivity contribution < 1.29 is 9.72 Å². The predicted molar refractivity (Wildman–Crippen MR) is 48.2 cm³/mol. The smallest absolute Gasteiger partial charge is 0.288 e. The van der Waals surface area contributed by atoms with Crippen molar-refractivity contribution in [2.24, 2.45) is 0 Å². The summed E-state index contributed by atoms with van der Waals surface area (Å²) in [5.74, 6) is 0. The molecule has 0 fully saturated rings. The van der Waals surface area contributed by atoms with Crippen molar-refractivity contribution in [2.75, 3.05) is 0 Å². The lowest BCUT2D eigenvalue weighted by Crippen LogP contribution is -1.93. The molecule has 0 aromatic heterocycles. The van der Waals surface area contributed by atoms with Crippen molar-refractivity contribution in [3.8, 4) is 0 Å². The molecular formula is C8H6ClNO3. The third-order valence-corrected chi connectivity index (χ3v) is 1.96. The van der Waals surface area contributed by atoms with Crippen LogP contribution < -0.4 is 0 Å². The molecule has 13 heavy (non-hydrogen) atoms. The Morgan fingerprint density at radius 3 is 2.62 bits per heavy atom. The normalized spacial score (nSPS) is 9.69. The fraction of sp³-hybridized carbons (Fsp3) is 0.125. The average Bonchev–Trinajstić information content (AvgIpc) is 2.07. The van der Waals surface area contributed by atoms with Gasteiger partial charge in [0, 0.05) is 11.6 Å². The highest BCUT2D eigenvalue weighted by Gasteiger charge is 2.14. The SMILES string of the molecule is Cc1cc([N+](=O)[O-])c(Cl)cc1C=O. The number of halogens is 1. The van der Waals surface area contributed by atoms with Gasteiger partial charge in [0.25, 0.3) is 5.69 Å². The van der Waals surface area contributed by atoms with Crippen LogP contribution in [-0.2, 0) is 0 Å². The van der Waals surface area contributed by atoms with E-state index < -0.39 is 4.92 Å². The van der Waals surface area contributed by atoms with Gasteiger partial charge in [-0.3, -0.25) is 14.9 Å². The van der Waals surface area contributed by atoms with E-state index in [0.29, 0.717) is 17.4 Å². The molecule has 0 aliphatic heterocycles. The largest absolute Gasteiger partial charge is 0.298 e. The molecule has 1 aromatic rings. The minimum atomic E-state index is -0.579. The Morgan fingerprint density at radius 1 is 1.54 bits per heavy atom. The van der Waals surface area contributed by atoms with Crippen LogP contribution in [0, 0.1) is 17.0 Å². The number of hydrogen-bond acceptors (Lipinski definition) is 3. The van der Waals surface area contributed by atoms with Crippen molar-refractivity contribution in [3.63, 3.8) is 0 Å². The second kappa shape index (κ2) is 3.53. The van der Waals surface area contributed by atoms with Gasteiger partial charge in [-0.2, -0.15) is 0 Å². The van der Waals surface area contributed by atoms with Crippen LogP contribution in [0.1, 0.15) is 15.9 Å². The number of rotatable bonds is 2. The number of nitrogens with zero attached hydrogens (tertiary/aromatic N) is 1. The van der Waals surface area contributed by atoms with Crippen LogP contribution in [0.2, 0.25) is 5.02 Å². The van der Waals surface area contributed by atoms with Gasteiger partial charge in [0.1, 0.15) is 11.3 Å². The van der Waals surface area contributed by atoms with E-state index in [2.05, 4.69) is 0 Å². The zero-order valence-electron chi connectivity index (χ0n) is 6.78. The summed E-state index contributed by atoms with van der Waals surface area (Å²) in [5.41, 5.74) is 0.742. The number of hydrogen-bond donors (Lipinski definition) is 0. The Balaban J connectivity index is 3.36. The second-order valence-corrected chi connectivity index (χ2v) is 2.94. The van der Waals surface area contributed by atoms with Crippen LogP contribution >= 0.6 is 11.6 Å². The molecule has 0 saturated carbocycles. The van der Waals surface area contributed by atoms with Crippen molar-refractivity contribution in [2.45, 2.75) is 6.92 Å². The third-order valence-electron chi connectivity index (χ3n) is 1.66. The zero-order chi connectivity index (χ0) is 10.0. The van der Waals surface area contributed by atoms with Crippen LogP contribution in [-0.4, -0.2) is 11.2 Å². The molecule has 68 valence electrons. The lowest BCUT2D eigenvalue weighted by molar-refractivity contribution is -0.384. The standard InChI is InChI=1S/C8H6ClNO3/c1-5-2-8(10(12)13)7(9)3-6(5)4-11/h2-4H,1H3. The Kier molecular flexibility index (Phi) is 2.63. The van der Waals surface area contributed by atoms with Gasteiger partial charge in [-0.15, -0.1) is 0 Å². The number of nitro benzene ring substituents is 1. The molecule has 0 saturated heterocycles. The first kappa shape index (κ1) is 9.67. The van der Waals surface area contributed by atoms with E-state index >= 15 is 0 Å². The topological polar surface area (TPSA) is 60.2 Å². The van der Waals surface area contributed by atoms with Crippen LogP contribution in [0.3, 0.4) is 0 Å². The highest BCUT2D eigenvalue weighted by atomic mass is 35.5. The van der Waals surface area contributed by atoms with Crippen molar-refractivity contribution >= 4 is 23.6 Å². The monoisotopic (exact) mass is 199 g/mol. The van der Waals surface area contributed by atoms with E-state index in [4.69, 9.17) is 11.6 Å². The van der Waals surface area contributed by atoms with Gasteiger partial charge in [-0.05, 0) is 18.6 Å². The van der Waals surface area contributed by atoms with E-state index in [1.807, 2.05) is 0 Å². The molecule has 1 aromatic carbocycles. The highest BCUT2D eigenvalue weighted by Crippen LogP contribution is 2.26. The first-order chi connectivity index (χ1) is 6.06. The number of benzene rings is 1. The van der Waals surface area contributed by atoms with Gasteiger partial charge in [-0.1, -0.05) is 11.6 Å². The molecule has 0 N–H and O–H groups in total. The summed E-state index contributed by atoms with van der Waals surface area (Å²) in [6.45, 7) is 1.62. The molecule has 1 rings (SSSR count). The summed E-state index contributed by atoms with van der Waals surface area (Å²) < 4.78 is 0. The minimum absolute atomic E-state index is 0.0160. The van der Waals surface area contributed by atoms with E-state index in [1.54, 1.807) is 6.92 Å². The van der Waals surface area contributed by atoms with E-state index in [1.165, 1.54) is 12.1 Å². The molecule has 0 unspecified atom stereocenters. The molecular weight excluding hydrogens is 194 g/mol. The molecule has 0 bridgehead atoms. The van der Waals surface area contributed by atoms with Crippen LogP contribution in [0.25, 0.3) is 0 Å². The quantitative estimate of drug-likeness (QED) is 0.417. The van der Waals surface area contributed by atoms with E-state index in [9.17, 15) is 14.9 Å². The lowest BCUT2D eigenvalue weighted by Gasteiger charge is -1.99. The van der Waals surface area contributed by atoms with Gasteiger partial charge in [-0.25, -0.2) is 0 Å². The van der Waals surface area contributed by atoms with Crippen LogP contribution in [0.5, 0.6) is 0 Å². The Morgan fingerprint density at radius 2 is 2.15 bits per heavy atom. The Hall–Kier alpha value is -1.42. The zero-order valence-corrected chi connectivity index (χ0v) is 7.54. The van der Waals surface area contributed by atoms with Gasteiger partial charge >= 0.3 is 0 Å². The maximum absolute atomic E-state index is 10.4. The fourth-order valence-corrected chi connectivity index (χ4v) is 1.19. The van der Waals surface area contributed by atoms with Crippen molar-refractivity contribution in [1.82, 2.24) is 0 Å². The van der Waals surface area contributed by atoms with Crippen LogP contribution in [0.15, 0.2) is 12.1 Å². The average molecular weight is 200 g/mol. The van der Waals surface area contributed by atoms with Crippen molar-refractivity contribution in [1.29, 1.82) is 0 Å². The molecule has 0 amide bonds. The second-order valence-electron chi connectivity index (χ2n) is 2.54. The molecule has 0 aliphatic carbocycles. The van der Waals surface area contributed by atoms with E-state index in [-0.39, 0.29) is 10.7 Å². The van der Waals surface area contributed by atoms with Crippen molar-refractivity contribution in [3.05, 3.63) is 38.4 Å². The molecule has 4 nitrogen and oxygen atoms in total. The van der Waals surface area contributed by atoms with Gasteiger partial charge in [0.2, 0.25) is 0 Å². The number of nitro groups is 1. The number of carbonyl (C=O) groups is 1. The first-order valence-electron chi connectivity index (χ1n) is 3.46. The molecule has 0 spiro atoms. The summed E-state index contributed by atoms with van der Waals surface area (Å²) in [7, 11) is 0. The van der Waals surface area contributed by atoms with Gasteiger partial charge in [0.15, 0.2) is 0 Å². The highest BCUT2D eigenvalue weighted by molar-refractivity contribution is 6.33.